The lowest BCUT2D eigenvalue weighted by atomic mass is 9.85. The molecule has 214 valence electrons. The number of amides is 1. The number of nitrogens with zero attached hydrogens (tertiary/aromatic N) is 2. The fourth-order valence-corrected chi connectivity index (χ4v) is 5.57. The molecule has 3 aromatic carbocycles. The molecule has 2 N–H and O–H groups in total. The maximum atomic E-state index is 13.7. The average Bonchev–Trinajstić information content (AvgIpc) is 3.50. The molecule has 0 saturated heterocycles. The molecular weight excluding hydrogens is 518 g/mol. The van der Waals surface area contributed by atoms with Crippen molar-refractivity contribution in [1.29, 1.82) is 0 Å². The number of aromatic nitrogens is 1. The molecule has 1 unspecified atom stereocenters. The van der Waals surface area contributed by atoms with Gasteiger partial charge in [0.05, 0.1) is 38.2 Å². The molecule has 1 aliphatic heterocycles. The van der Waals surface area contributed by atoms with Crippen molar-refractivity contribution < 1.29 is 23.5 Å². The first-order valence-corrected chi connectivity index (χ1v) is 13.9. The van der Waals surface area contributed by atoms with Crippen LogP contribution in [-0.4, -0.2) is 43.3 Å². The van der Waals surface area contributed by atoms with Crippen LogP contribution in [0.25, 0.3) is 0 Å². The molecule has 1 aliphatic rings. The fraction of sp³-hybridized carbons (Fsp3) is 0.333. The van der Waals surface area contributed by atoms with E-state index in [2.05, 4.69) is 49.3 Å². The third-order valence-corrected chi connectivity index (χ3v) is 7.73. The first-order valence-electron chi connectivity index (χ1n) is 13.9. The van der Waals surface area contributed by atoms with Crippen molar-refractivity contribution >= 4 is 11.6 Å². The summed E-state index contributed by atoms with van der Waals surface area (Å²) < 4.78 is 22.4. The molecule has 41 heavy (non-hydrogen) atoms. The number of nitrogen functional groups attached to an aromatic ring is 1. The van der Waals surface area contributed by atoms with Gasteiger partial charge in [0, 0.05) is 31.9 Å². The minimum atomic E-state index is -0.237. The van der Waals surface area contributed by atoms with Crippen molar-refractivity contribution in [1.82, 2.24) is 10.1 Å². The quantitative estimate of drug-likeness (QED) is 0.254. The number of methoxy groups -OCH3 is 2. The van der Waals surface area contributed by atoms with E-state index in [4.69, 9.17) is 24.5 Å². The smallest absolute Gasteiger partial charge is 0.223 e. The van der Waals surface area contributed by atoms with Crippen LogP contribution >= 0.6 is 0 Å². The van der Waals surface area contributed by atoms with Gasteiger partial charge in [-0.2, -0.15) is 0 Å². The van der Waals surface area contributed by atoms with Gasteiger partial charge in [0.2, 0.25) is 5.91 Å². The molecule has 0 saturated carbocycles. The molecular formula is C33H37N3O5. The first kappa shape index (κ1) is 28.1. The van der Waals surface area contributed by atoms with Gasteiger partial charge in [-0.3, -0.25) is 4.79 Å². The van der Waals surface area contributed by atoms with Gasteiger partial charge in [-0.25, -0.2) is 0 Å². The van der Waals surface area contributed by atoms with Crippen LogP contribution in [0.4, 0.5) is 5.69 Å². The minimum absolute atomic E-state index is 0.0826. The summed E-state index contributed by atoms with van der Waals surface area (Å²) in [5, 5.41) is 3.98. The van der Waals surface area contributed by atoms with E-state index in [-0.39, 0.29) is 11.9 Å². The number of carbonyl (C=O) groups excluding carboxylic acids is 1. The third-order valence-electron chi connectivity index (χ3n) is 7.73. The minimum Gasteiger partial charge on any atom is -0.495 e. The lowest BCUT2D eigenvalue weighted by molar-refractivity contribution is -0.133. The zero-order valence-electron chi connectivity index (χ0n) is 24.1. The van der Waals surface area contributed by atoms with E-state index in [1.54, 1.807) is 20.3 Å². The van der Waals surface area contributed by atoms with Crippen LogP contribution in [0.5, 0.6) is 17.2 Å². The van der Waals surface area contributed by atoms with E-state index in [0.29, 0.717) is 55.4 Å². The van der Waals surface area contributed by atoms with Gasteiger partial charge in [0.1, 0.15) is 12.0 Å². The molecule has 5 rings (SSSR count). The van der Waals surface area contributed by atoms with Gasteiger partial charge >= 0.3 is 0 Å². The predicted molar refractivity (Wildman–Crippen MR) is 158 cm³/mol. The second kappa shape index (κ2) is 12.4. The summed E-state index contributed by atoms with van der Waals surface area (Å²) >= 11 is 0. The summed E-state index contributed by atoms with van der Waals surface area (Å²) in [5.74, 6) is 2.07. The number of nitrogens with two attached hydrogens (primary N) is 1. The molecule has 1 amide bonds. The van der Waals surface area contributed by atoms with Crippen LogP contribution in [-0.2, 0) is 24.1 Å². The zero-order valence-corrected chi connectivity index (χ0v) is 24.1. The SMILES string of the molecule is COc1cc(CCOc2cc3c(cc2OC)CCN(C(=O)CCc2ccon2)C3c2ccc(C)cc2C)ccc1N. The molecule has 1 atom stereocenters. The lowest BCUT2D eigenvalue weighted by Gasteiger charge is -2.39. The molecule has 8 nitrogen and oxygen atoms in total. The Morgan fingerprint density at radius 2 is 1.80 bits per heavy atom. The Morgan fingerprint density at radius 1 is 0.976 bits per heavy atom. The average molecular weight is 556 g/mol. The molecule has 2 heterocycles. The van der Waals surface area contributed by atoms with Gasteiger partial charge in [0.15, 0.2) is 11.5 Å². The number of hydrogen-bond donors (Lipinski definition) is 1. The Morgan fingerprint density at radius 3 is 2.54 bits per heavy atom. The third kappa shape index (κ3) is 6.16. The van der Waals surface area contributed by atoms with E-state index in [1.807, 2.05) is 23.1 Å². The van der Waals surface area contributed by atoms with E-state index in [0.717, 1.165) is 39.9 Å². The molecule has 1 aromatic heterocycles. The van der Waals surface area contributed by atoms with E-state index in [9.17, 15) is 4.79 Å². The number of hydrogen-bond acceptors (Lipinski definition) is 7. The lowest BCUT2D eigenvalue weighted by Crippen LogP contribution is -2.41. The Balaban J connectivity index is 1.45. The Labute approximate surface area is 241 Å². The molecule has 4 aromatic rings. The number of anilines is 1. The maximum absolute atomic E-state index is 13.7. The number of fused-ring (bicyclic) bond motifs is 1. The number of benzene rings is 3. The summed E-state index contributed by atoms with van der Waals surface area (Å²) in [6.45, 7) is 5.25. The van der Waals surface area contributed by atoms with Crippen LogP contribution in [0.15, 0.2) is 65.4 Å². The number of ether oxygens (including phenoxy) is 3. The highest BCUT2D eigenvalue weighted by Gasteiger charge is 2.34. The second-order valence-corrected chi connectivity index (χ2v) is 10.5. The normalized spacial score (nSPS) is 14.4. The summed E-state index contributed by atoms with van der Waals surface area (Å²) in [6.07, 6.45) is 3.82. The van der Waals surface area contributed by atoms with E-state index in [1.165, 1.54) is 11.8 Å². The highest BCUT2D eigenvalue weighted by Crippen LogP contribution is 2.42. The van der Waals surface area contributed by atoms with Gasteiger partial charge in [-0.05, 0) is 72.4 Å². The number of rotatable bonds is 10. The van der Waals surface area contributed by atoms with Gasteiger partial charge in [0.25, 0.3) is 0 Å². The first-order chi connectivity index (χ1) is 19.9. The Kier molecular flexibility index (Phi) is 8.47. The maximum Gasteiger partial charge on any atom is 0.223 e. The fourth-order valence-electron chi connectivity index (χ4n) is 5.57. The summed E-state index contributed by atoms with van der Waals surface area (Å²) in [7, 11) is 3.27. The monoisotopic (exact) mass is 555 g/mol. The van der Waals surface area contributed by atoms with Crippen LogP contribution in [0, 0.1) is 13.8 Å². The standard InChI is InChI=1S/C33H37N3O5/c1-21-5-8-26(22(2)17-21)33-27-20-31(40-15-12-23-6-9-28(34)29(18-23)38-3)30(39-4)19-24(27)11-14-36(33)32(37)10-7-25-13-16-41-35-25/h5-6,8-9,13,16-20,33H,7,10-12,14-15,34H2,1-4H3. The summed E-state index contributed by atoms with van der Waals surface area (Å²) in [6, 6.07) is 17.8. The van der Waals surface area contributed by atoms with Gasteiger partial charge < -0.3 is 29.4 Å². The van der Waals surface area contributed by atoms with Gasteiger partial charge in [-0.1, -0.05) is 35.0 Å². The van der Waals surface area contributed by atoms with Crippen molar-refractivity contribution in [2.75, 3.05) is 33.1 Å². The molecule has 0 fully saturated rings. The highest BCUT2D eigenvalue weighted by atomic mass is 16.5. The summed E-state index contributed by atoms with van der Waals surface area (Å²) in [5.41, 5.74) is 14.1. The molecule has 0 aliphatic carbocycles. The number of aryl methyl sites for hydroxylation is 3. The van der Waals surface area contributed by atoms with Crippen molar-refractivity contribution in [3.63, 3.8) is 0 Å². The zero-order chi connectivity index (χ0) is 28.9. The Bertz CT molecular complexity index is 1520. The van der Waals surface area contributed by atoms with E-state index >= 15 is 0 Å². The molecule has 0 bridgehead atoms. The van der Waals surface area contributed by atoms with Crippen molar-refractivity contribution in [3.8, 4) is 17.2 Å². The largest absolute Gasteiger partial charge is 0.495 e. The van der Waals surface area contributed by atoms with Crippen LogP contribution < -0.4 is 19.9 Å². The van der Waals surface area contributed by atoms with Gasteiger partial charge in [-0.15, -0.1) is 0 Å². The number of carbonyl (C=O) groups is 1. The predicted octanol–water partition coefficient (Wildman–Crippen LogP) is 5.62. The summed E-state index contributed by atoms with van der Waals surface area (Å²) in [4.78, 5) is 15.7. The second-order valence-electron chi connectivity index (χ2n) is 10.5. The molecule has 8 heteroatoms. The highest BCUT2D eigenvalue weighted by molar-refractivity contribution is 5.78. The molecule has 0 radical (unpaired) electrons. The van der Waals surface area contributed by atoms with Crippen molar-refractivity contribution in [2.45, 2.75) is 45.6 Å². The van der Waals surface area contributed by atoms with Crippen LogP contribution in [0.2, 0.25) is 0 Å². The molecule has 0 spiro atoms. The van der Waals surface area contributed by atoms with E-state index < -0.39 is 0 Å². The van der Waals surface area contributed by atoms with Crippen molar-refractivity contribution in [3.05, 3.63) is 99.9 Å². The Hall–Kier alpha value is -4.46. The van der Waals surface area contributed by atoms with Crippen molar-refractivity contribution in [2.24, 2.45) is 0 Å². The van der Waals surface area contributed by atoms with Crippen LogP contribution in [0.3, 0.4) is 0 Å². The topological polar surface area (TPSA) is 100 Å². The van der Waals surface area contributed by atoms with Crippen LogP contribution in [0.1, 0.15) is 51.5 Å².